The topological polar surface area (TPSA) is 29.9 Å². The first-order chi connectivity index (χ1) is 9.51. The highest BCUT2D eigenvalue weighted by atomic mass is 35.5. The number of aryl methyl sites for hydroxylation is 2. The Balaban J connectivity index is 2.27. The fourth-order valence-electron chi connectivity index (χ4n) is 2.39. The van der Waals surface area contributed by atoms with E-state index in [1.165, 1.54) is 6.07 Å². The second-order valence-electron chi connectivity index (χ2n) is 4.88. The highest BCUT2D eigenvalue weighted by Gasteiger charge is 2.17. The van der Waals surface area contributed by atoms with Gasteiger partial charge in [0.1, 0.15) is 5.82 Å². The smallest absolute Gasteiger partial charge is 0.127 e. The maximum Gasteiger partial charge on any atom is 0.127 e. The Morgan fingerprint density at radius 3 is 2.70 bits per heavy atom. The largest absolute Gasteiger partial charge is 0.309 e. The van der Waals surface area contributed by atoms with E-state index in [0.717, 1.165) is 17.9 Å². The Bertz CT molecular complexity index is 595. The van der Waals surface area contributed by atoms with E-state index in [2.05, 4.69) is 10.4 Å². The van der Waals surface area contributed by atoms with Crippen LogP contribution < -0.4 is 5.32 Å². The average Bonchev–Trinajstić information content (AvgIpc) is 2.71. The van der Waals surface area contributed by atoms with E-state index in [0.29, 0.717) is 17.0 Å². The number of halogens is 2. The average molecular weight is 296 g/mol. The van der Waals surface area contributed by atoms with Gasteiger partial charge in [-0.15, -0.1) is 0 Å². The zero-order valence-electron chi connectivity index (χ0n) is 12.0. The third-order valence-electron chi connectivity index (χ3n) is 3.28. The van der Waals surface area contributed by atoms with Crippen molar-refractivity contribution in [3.05, 3.63) is 52.1 Å². The summed E-state index contributed by atoms with van der Waals surface area (Å²) >= 11 is 5.79. The quantitative estimate of drug-likeness (QED) is 0.916. The minimum atomic E-state index is -0.265. The molecule has 20 heavy (non-hydrogen) atoms. The molecule has 0 aliphatic rings. The standard InChI is InChI=1S/C15H19ClFN3/c1-4-18-14(15-7-10(2)19-20(15)3)8-11-5-6-12(16)9-13(11)17/h5-7,9,14,18H,4,8H2,1-3H3. The molecule has 2 aromatic rings. The molecule has 0 saturated heterocycles. The first-order valence-electron chi connectivity index (χ1n) is 6.69. The Kier molecular flexibility index (Phi) is 4.78. The molecule has 0 amide bonds. The van der Waals surface area contributed by atoms with Crippen molar-refractivity contribution in [3.8, 4) is 0 Å². The molecule has 108 valence electrons. The first-order valence-corrected chi connectivity index (χ1v) is 7.07. The summed E-state index contributed by atoms with van der Waals surface area (Å²) in [6.07, 6.45) is 0.565. The molecule has 0 radical (unpaired) electrons. The third kappa shape index (κ3) is 3.38. The summed E-state index contributed by atoms with van der Waals surface area (Å²) in [5.41, 5.74) is 2.67. The lowest BCUT2D eigenvalue weighted by Crippen LogP contribution is -2.25. The summed E-state index contributed by atoms with van der Waals surface area (Å²) in [6, 6.07) is 6.87. The fraction of sp³-hybridized carbons (Fsp3) is 0.400. The summed E-state index contributed by atoms with van der Waals surface area (Å²) in [5, 5.41) is 8.16. The van der Waals surface area contributed by atoms with Gasteiger partial charge in [0, 0.05) is 12.1 Å². The number of nitrogens with zero attached hydrogens (tertiary/aromatic N) is 2. The molecular formula is C15H19ClFN3. The number of nitrogens with one attached hydrogen (secondary N) is 1. The molecule has 2 rings (SSSR count). The summed E-state index contributed by atoms with van der Waals surface area (Å²) in [6.45, 7) is 4.80. The highest BCUT2D eigenvalue weighted by Crippen LogP contribution is 2.22. The number of benzene rings is 1. The van der Waals surface area contributed by atoms with Crippen molar-refractivity contribution in [3.63, 3.8) is 0 Å². The lowest BCUT2D eigenvalue weighted by Gasteiger charge is -2.18. The molecule has 0 fully saturated rings. The molecule has 1 aromatic carbocycles. The van der Waals surface area contributed by atoms with Gasteiger partial charge in [-0.3, -0.25) is 4.68 Å². The van der Waals surface area contributed by atoms with E-state index in [1.807, 2.05) is 31.6 Å². The van der Waals surface area contributed by atoms with Crippen molar-refractivity contribution in [2.24, 2.45) is 7.05 Å². The zero-order valence-corrected chi connectivity index (χ0v) is 12.7. The van der Waals surface area contributed by atoms with E-state index < -0.39 is 0 Å². The molecule has 1 unspecified atom stereocenters. The second-order valence-corrected chi connectivity index (χ2v) is 5.32. The molecule has 1 heterocycles. The van der Waals surface area contributed by atoms with Gasteiger partial charge in [0.2, 0.25) is 0 Å². The van der Waals surface area contributed by atoms with Crippen molar-refractivity contribution in [2.75, 3.05) is 6.54 Å². The van der Waals surface area contributed by atoms with E-state index in [4.69, 9.17) is 11.6 Å². The molecule has 0 saturated carbocycles. The molecule has 0 spiro atoms. The van der Waals surface area contributed by atoms with Gasteiger partial charge in [-0.05, 0) is 43.7 Å². The van der Waals surface area contributed by atoms with Crippen LogP contribution in [0.15, 0.2) is 24.3 Å². The van der Waals surface area contributed by atoms with Crippen LogP contribution in [0, 0.1) is 12.7 Å². The van der Waals surface area contributed by atoms with Gasteiger partial charge in [-0.1, -0.05) is 24.6 Å². The van der Waals surface area contributed by atoms with Gasteiger partial charge < -0.3 is 5.32 Å². The number of likely N-dealkylation sites (N-methyl/N-ethyl adjacent to an activating group) is 1. The number of hydrogen-bond acceptors (Lipinski definition) is 2. The van der Waals surface area contributed by atoms with Gasteiger partial charge in [0.15, 0.2) is 0 Å². The molecule has 0 aliphatic carbocycles. The van der Waals surface area contributed by atoms with Crippen molar-refractivity contribution in [2.45, 2.75) is 26.3 Å². The summed E-state index contributed by atoms with van der Waals surface area (Å²) < 4.78 is 15.8. The monoisotopic (exact) mass is 295 g/mol. The Morgan fingerprint density at radius 1 is 1.40 bits per heavy atom. The minimum Gasteiger partial charge on any atom is -0.309 e. The van der Waals surface area contributed by atoms with Gasteiger partial charge in [0.25, 0.3) is 0 Å². The van der Waals surface area contributed by atoms with Crippen molar-refractivity contribution < 1.29 is 4.39 Å². The lowest BCUT2D eigenvalue weighted by atomic mass is 10.0. The van der Waals surface area contributed by atoms with Crippen LogP contribution >= 0.6 is 11.6 Å². The van der Waals surface area contributed by atoms with Crippen LogP contribution in [0.25, 0.3) is 0 Å². The molecular weight excluding hydrogens is 277 g/mol. The van der Waals surface area contributed by atoms with Gasteiger partial charge in [-0.25, -0.2) is 4.39 Å². The predicted molar refractivity (Wildman–Crippen MR) is 79.5 cm³/mol. The van der Waals surface area contributed by atoms with E-state index in [1.54, 1.807) is 12.1 Å². The maximum absolute atomic E-state index is 13.9. The van der Waals surface area contributed by atoms with Gasteiger partial charge >= 0.3 is 0 Å². The zero-order chi connectivity index (χ0) is 14.7. The third-order valence-corrected chi connectivity index (χ3v) is 3.52. The lowest BCUT2D eigenvalue weighted by molar-refractivity contribution is 0.495. The van der Waals surface area contributed by atoms with E-state index in [-0.39, 0.29) is 11.9 Å². The van der Waals surface area contributed by atoms with Crippen molar-refractivity contribution >= 4 is 11.6 Å². The van der Waals surface area contributed by atoms with Gasteiger partial charge in [0.05, 0.1) is 17.4 Å². The number of hydrogen-bond donors (Lipinski definition) is 1. The van der Waals surface area contributed by atoms with E-state index in [9.17, 15) is 4.39 Å². The molecule has 0 bridgehead atoms. The maximum atomic E-state index is 13.9. The highest BCUT2D eigenvalue weighted by molar-refractivity contribution is 6.30. The fourth-order valence-corrected chi connectivity index (χ4v) is 2.55. The molecule has 1 atom stereocenters. The first kappa shape index (κ1) is 15.0. The van der Waals surface area contributed by atoms with Gasteiger partial charge in [-0.2, -0.15) is 5.10 Å². The van der Waals surface area contributed by atoms with Crippen LogP contribution in [0.4, 0.5) is 4.39 Å². The van der Waals surface area contributed by atoms with Crippen LogP contribution in [0.5, 0.6) is 0 Å². The minimum absolute atomic E-state index is 0.0295. The summed E-state index contributed by atoms with van der Waals surface area (Å²) in [4.78, 5) is 0. The van der Waals surface area contributed by atoms with Crippen LogP contribution in [0.3, 0.4) is 0 Å². The Labute approximate surface area is 123 Å². The number of rotatable bonds is 5. The number of aromatic nitrogens is 2. The molecule has 1 N–H and O–H groups in total. The SMILES string of the molecule is CCNC(Cc1ccc(Cl)cc1F)c1cc(C)nn1C. The van der Waals surface area contributed by atoms with Crippen LogP contribution in [0.1, 0.15) is 29.9 Å². The van der Waals surface area contributed by atoms with Crippen LogP contribution in [0.2, 0.25) is 5.02 Å². The molecule has 0 aliphatic heterocycles. The molecule has 3 nitrogen and oxygen atoms in total. The Hall–Kier alpha value is -1.39. The van der Waals surface area contributed by atoms with Crippen LogP contribution in [-0.2, 0) is 13.5 Å². The van der Waals surface area contributed by atoms with Crippen molar-refractivity contribution in [1.29, 1.82) is 0 Å². The normalized spacial score (nSPS) is 12.7. The van der Waals surface area contributed by atoms with E-state index >= 15 is 0 Å². The van der Waals surface area contributed by atoms with Crippen LogP contribution in [-0.4, -0.2) is 16.3 Å². The molecule has 1 aromatic heterocycles. The summed E-state index contributed by atoms with van der Waals surface area (Å²) in [7, 11) is 1.91. The second kappa shape index (κ2) is 6.37. The Morgan fingerprint density at radius 2 is 2.15 bits per heavy atom. The van der Waals surface area contributed by atoms with Crippen molar-refractivity contribution in [1.82, 2.24) is 15.1 Å². The summed E-state index contributed by atoms with van der Waals surface area (Å²) in [5.74, 6) is -0.265. The predicted octanol–water partition coefficient (Wildman–Crippen LogP) is 3.41. The molecule has 5 heteroatoms.